The Bertz CT molecular complexity index is 794. The molecule has 1 N–H and O–H groups in total. The zero-order valence-corrected chi connectivity index (χ0v) is 15.6. The van der Waals surface area contributed by atoms with Crippen molar-refractivity contribution in [2.24, 2.45) is 5.92 Å². The summed E-state index contributed by atoms with van der Waals surface area (Å²) in [6.07, 6.45) is 4.23. The van der Waals surface area contributed by atoms with Gasteiger partial charge in [0.25, 0.3) is 0 Å². The molecule has 26 heavy (non-hydrogen) atoms. The Labute approximate surface area is 154 Å². The number of benzene rings is 1. The van der Waals surface area contributed by atoms with Crippen LogP contribution in [0.1, 0.15) is 13.3 Å². The molecular formula is C19H24N2O4S. The third-order valence-corrected chi connectivity index (χ3v) is 5.92. The van der Waals surface area contributed by atoms with E-state index in [1.165, 1.54) is 0 Å². The summed E-state index contributed by atoms with van der Waals surface area (Å²) < 4.78 is 37.9. The van der Waals surface area contributed by atoms with E-state index < -0.39 is 10.0 Å². The normalized spacial score (nSPS) is 20.7. The van der Waals surface area contributed by atoms with Crippen LogP contribution in [0.25, 0.3) is 11.1 Å². The van der Waals surface area contributed by atoms with Gasteiger partial charge >= 0.3 is 0 Å². The molecule has 0 amide bonds. The molecule has 140 valence electrons. The van der Waals surface area contributed by atoms with Crippen molar-refractivity contribution < 1.29 is 17.9 Å². The van der Waals surface area contributed by atoms with Gasteiger partial charge in [-0.1, -0.05) is 18.2 Å². The second-order valence-electron chi connectivity index (χ2n) is 6.33. The summed E-state index contributed by atoms with van der Waals surface area (Å²) in [4.78, 5) is 4.12. The van der Waals surface area contributed by atoms with Crippen molar-refractivity contribution in [1.82, 2.24) is 9.71 Å². The molecule has 2 atom stereocenters. The van der Waals surface area contributed by atoms with Gasteiger partial charge in [0.05, 0.1) is 19.0 Å². The monoisotopic (exact) mass is 376 g/mol. The maximum absolute atomic E-state index is 11.9. The molecule has 1 aromatic heterocycles. The van der Waals surface area contributed by atoms with Crippen LogP contribution in [0, 0.1) is 5.92 Å². The molecule has 1 aliphatic rings. The molecule has 1 fully saturated rings. The summed E-state index contributed by atoms with van der Waals surface area (Å²) in [5.41, 5.74) is 2.12. The zero-order valence-electron chi connectivity index (χ0n) is 14.8. The van der Waals surface area contributed by atoms with Gasteiger partial charge in [0.1, 0.15) is 5.75 Å². The predicted octanol–water partition coefficient (Wildman–Crippen LogP) is 2.47. The number of sulfonamides is 1. The van der Waals surface area contributed by atoms with Crippen molar-refractivity contribution in [3.63, 3.8) is 0 Å². The molecule has 0 unspecified atom stereocenters. The molecule has 2 heterocycles. The largest absolute Gasteiger partial charge is 0.493 e. The summed E-state index contributed by atoms with van der Waals surface area (Å²) in [6, 6.07) is 11.6. The lowest BCUT2D eigenvalue weighted by Gasteiger charge is -2.31. The Balaban J connectivity index is 1.60. The van der Waals surface area contributed by atoms with Gasteiger partial charge in [0.2, 0.25) is 10.0 Å². The Hall–Kier alpha value is -1.96. The first-order valence-electron chi connectivity index (χ1n) is 8.78. The number of ether oxygens (including phenoxy) is 2. The summed E-state index contributed by atoms with van der Waals surface area (Å²) in [5.74, 6) is 0.816. The molecule has 1 aliphatic heterocycles. The third-order valence-electron chi connectivity index (χ3n) is 4.50. The van der Waals surface area contributed by atoms with Gasteiger partial charge in [-0.25, -0.2) is 13.1 Å². The molecule has 0 bridgehead atoms. The fourth-order valence-corrected chi connectivity index (χ4v) is 3.85. The van der Waals surface area contributed by atoms with E-state index in [-0.39, 0.29) is 17.7 Å². The maximum Gasteiger partial charge on any atom is 0.211 e. The summed E-state index contributed by atoms with van der Waals surface area (Å²) in [7, 11) is -3.24. The van der Waals surface area contributed by atoms with Crippen LogP contribution in [0.2, 0.25) is 0 Å². The average Bonchev–Trinajstić information content (AvgIpc) is 2.68. The van der Waals surface area contributed by atoms with Crippen LogP contribution in [0.4, 0.5) is 0 Å². The predicted molar refractivity (Wildman–Crippen MR) is 100 cm³/mol. The zero-order chi connectivity index (χ0) is 18.4. The molecular weight excluding hydrogens is 352 g/mol. The van der Waals surface area contributed by atoms with E-state index in [9.17, 15) is 8.42 Å². The van der Waals surface area contributed by atoms with Gasteiger partial charge in [-0.3, -0.25) is 4.98 Å². The Morgan fingerprint density at radius 2 is 2.04 bits per heavy atom. The van der Waals surface area contributed by atoms with Gasteiger partial charge < -0.3 is 9.47 Å². The smallest absolute Gasteiger partial charge is 0.211 e. The van der Waals surface area contributed by atoms with E-state index >= 15 is 0 Å². The molecule has 7 heteroatoms. The van der Waals surface area contributed by atoms with Crippen molar-refractivity contribution in [3.8, 4) is 16.9 Å². The number of hydrogen-bond acceptors (Lipinski definition) is 5. The van der Waals surface area contributed by atoms with Crippen LogP contribution in [0.3, 0.4) is 0 Å². The van der Waals surface area contributed by atoms with Crippen molar-refractivity contribution in [2.75, 3.05) is 25.6 Å². The van der Waals surface area contributed by atoms with Crippen LogP contribution < -0.4 is 9.46 Å². The molecule has 2 aromatic rings. The standard InChI is InChI=1S/C19H24N2O4S/c1-2-26(22,23)21-19-9-11-24-13-17(19)14-25-18-7-5-15(6-8-18)16-4-3-10-20-12-16/h3-8,10,12,17,19,21H,2,9,11,13-14H2,1H3/t17-,19+/m0/s1. The second kappa shape index (κ2) is 8.62. The molecule has 1 aromatic carbocycles. The van der Waals surface area contributed by atoms with Gasteiger partial charge in [0, 0.05) is 31.0 Å². The first-order valence-corrected chi connectivity index (χ1v) is 10.4. The molecule has 0 aliphatic carbocycles. The van der Waals surface area contributed by atoms with Crippen molar-refractivity contribution >= 4 is 10.0 Å². The Kier molecular flexibility index (Phi) is 6.24. The van der Waals surface area contributed by atoms with Gasteiger partial charge in [0.15, 0.2) is 0 Å². The molecule has 0 radical (unpaired) electrons. The van der Waals surface area contributed by atoms with Crippen molar-refractivity contribution in [1.29, 1.82) is 0 Å². The van der Waals surface area contributed by atoms with E-state index in [2.05, 4.69) is 9.71 Å². The highest BCUT2D eigenvalue weighted by atomic mass is 32.2. The van der Waals surface area contributed by atoms with E-state index in [0.717, 1.165) is 16.9 Å². The number of nitrogens with one attached hydrogen (secondary N) is 1. The highest BCUT2D eigenvalue weighted by Crippen LogP contribution is 2.23. The highest BCUT2D eigenvalue weighted by molar-refractivity contribution is 7.89. The number of hydrogen-bond donors (Lipinski definition) is 1. The van der Waals surface area contributed by atoms with E-state index in [1.54, 1.807) is 13.1 Å². The molecule has 6 nitrogen and oxygen atoms in total. The van der Waals surface area contributed by atoms with E-state index in [0.29, 0.717) is 26.2 Å². The summed E-state index contributed by atoms with van der Waals surface area (Å²) in [6.45, 7) is 3.10. The quantitative estimate of drug-likeness (QED) is 0.803. The number of pyridine rings is 1. The maximum atomic E-state index is 11.9. The minimum atomic E-state index is -3.24. The molecule has 1 saturated heterocycles. The number of rotatable bonds is 7. The van der Waals surface area contributed by atoms with Crippen LogP contribution in [-0.2, 0) is 14.8 Å². The van der Waals surface area contributed by atoms with Gasteiger partial charge in [-0.15, -0.1) is 0 Å². The molecule has 0 saturated carbocycles. The first-order chi connectivity index (χ1) is 12.6. The lowest BCUT2D eigenvalue weighted by atomic mass is 9.98. The minimum absolute atomic E-state index is 0.0110. The van der Waals surface area contributed by atoms with Crippen LogP contribution in [0.15, 0.2) is 48.8 Å². The van der Waals surface area contributed by atoms with Crippen LogP contribution >= 0.6 is 0 Å². The fraction of sp³-hybridized carbons (Fsp3) is 0.421. The van der Waals surface area contributed by atoms with Crippen LogP contribution in [-0.4, -0.2) is 45.0 Å². The van der Waals surface area contributed by atoms with Crippen LogP contribution in [0.5, 0.6) is 5.75 Å². The topological polar surface area (TPSA) is 77.5 Å². The summed E-state index contributed by atoms with van der Waals surface area (Å²) >= 11 is 0. The lowest BCUT2D eigenvalue weighted by molar-refractivity contribution is 0.0186. The van der Waals surface area contributed by atoms with E-state index in [4.69, 9.17) is 9.47 Å². The number of aromatic nitrogens is 1. The average molecular weight is 376 g/mol. The van der Waals surface area contributed by atoms with Gasteiger partial charge in [-0.05, 0) is 42.7 Å². The molecule has 3 rings (SSSR count). The fourth-order valence-electron chi connectivity index (χ4n) is 2.91. The second-order valence-corrected chi connectivity index (χ2v) is 8.37. The van der Waals surface area contributed by atoms with Crippen molar-refractivity contribution in [2.45, 2.75) is 19.4 Å². The number of nitrogens with zero attached hydrogens (tertiary/aromatic N) is 1. The van der Waals surface area contributed by atoms with E-state index in [1.807, 2.05) is 42.6 Å². The Morgan fingerprint density at radius 3 is 2.73 bits per heavy atom. The lowest BCUT2D eigenvalue weighted by Crippen LogP contribution is -2.47. The highest BCUT2D eigenvalue weighted by Gasteiger charge is 2.29. The minimum Gasteiger partial charge on any atom is -0.493 e. The Morgan fingerprint density at radius 1 is 1.23 bits per heavy atom. The van der Waals surface area contributed by atoms with Gasteiger partial charge in [-0.2, -0.15) is 0 Å². The summed E-state index contributed by atoms with van der Waals surface area (Å²) in [5, 5.41) is 0. The SMILES string of the molecule is CCS(=O)(=O)N[C@@H]1CCOC[C@H]1COc1ccc(-c2cccnc2)cc1. The van der Waals surface area contributed by atoms with Crippen molar-refractivity contribution in [3.05, 3.63) is 48.8 Å². The first kappa shape index (κ1) is 18.8. The molecule has 0 spiro atoms. The third kappa shape index (κ3) is 5.03.